The van der Waals surface area contributed by atoms with Crippen molar-refractivity contribution in [2.45, 2.75) is 39.2 Å². The molecule has 2 heterocycles. The van der Waals surface area contributed by atoms with Crippen LogP contribution in [0.4, 0.5) is 11.6 Å². The number of nitrogens with zero attached hydrogens (tertiary/aromatic N) is 2. The minimum Gasteiger partial charge on any atom is -0.469 e. The highest BCUT2D eigenvalue weighted by Gasteiger charge is 2.16. The molecule has 0 aliphatic carbocycles. The number of hydrogen-bond acceptors (Lipinski definition) is 6. The van der Waals surface area contributed by atoms with Crippen LogP contribution in [0.15, 0.2) is 29.1 Å². The van der Waals surface area contributed by atoms with Crippen molar-refractivity contribution in [3.05, 3.63) is 36.0 Å². The molecule has 6 heteroatoms. The van der Waals surface area contributed by atoms with Crippen molar-refractivity contribution < 1.29 is 4.42 Å². The van der Waals surface area contributed by atoms with Gasteiger partial charge in [0.2, 0.25) is 0 Å². The fourth-order valence-corrected chi connectivity index (χ4v) is 2.19. The van der Waals surface area contributed by atoms with E-state index >= 15 is 0 Å². The van der Waals surface area contributed by atoms with Gasteiger partial charge in [-0.1, -0.05) is 13.8 Å². The number of nitrogens with one attached hydrogen (secondary N) is 2. The highest BCUT2D eigenvalue weighted by atomic mass is 16.3. The molecule has 2 aromatic heterocycles. The summed E-state index contributed by atoms with van der Waals surface area (Å²) in [6.07, 6.45) is 3.98. The Balaban J connectivity index is 2.16. The molecule has 0 aromatic carbocycles. The van der Waals surface area contributed by atoms with E-state index in [0.717, 1.165) is 23.6 Å². The molecule has 0 aliphatic rings. The van der Waals surface area contributed by atoms with Crippen molar-refractivity contribution in [3.8, 4) is 0 Å². The van der Waals surface area contributed by atoms with Crippen LogP contribution in [0.1, 0.15) is 38.0 Å². The second kappa shape index (κ2) is 6.38. The summed E-state index contributed by atoms with van der Waals surface area (Å²) in [6, 6.07) is 4.05. The van der Waals surface area contributed by atoms with Gasteiger partial charge in [0.15, 0.2) is 0 Å². The summed E-state index contributed by atoms with van der Waals surface area (Å²) in [4.78, 5) is 8.49. The third-order valence-electron chi connectivity index (χ3n) is 3.07. The van der Waals surface area contributed by atoms with Crippen LogP contribution in [0.5, 0.6) is 0 Å². The van der Waals surface area contributed by atoms with Crippen molar-refractivity contribution >= 4 is 11.6 Å². The van der Waals surface area contributed by atoms with Crippen LogP contribution in [-0.4, -0.2) is 16.0 Å². The van der Waals surface area contributed by atoms with Gasteiger partial charge < -0.3 is 15.2 Å². The van der Waals surface area contributed by atoms with E-state index in [0.29, 0.717) is 5.82 Å². The van der Waals surface area contributed by atoms with Crippen molar-refractivity contribution in [3.63, 3.8) is 0 Å². The topological polar surface area (TPSA) is 89.0 Å². The number of anilines is 2. The molecule has 6 nitrogen and oxygen atoms in total. The standard InChI is InChI=1S/C14H21N5O/c1-9(2)12-13(16-8-17-14(12)19-15)18-10(3)7-11-5-4-6-20-11/h4-6,8-10H,7,15H2,1-3H3,(H2,16,17,18,19). The number of rotatable bonds is 6. The normalized spacial score (nSPS) is 12.4. The lowest BCUT2D eigenvalue weighted by Crippen LogP contribution is -2.21. The van der Waals surface area contributed by atoms with Gasteiger partial charge in [-0.2, -0.15) is 0 Å². The number of nitrogen functional groups attached to an aromatic ring is 1. The largest absolute Gasteiger partial charge is 0.469 e. The molecule has 0 saturated heterocycles. The maximum Gasteiger partial charge on any atom is 0.148 e. The Labute approximate surface area is 118 Å². The van der Waals surface area contributed by atoms with Crippen LogP contribution in [-0.2, 0) is 6.42 Å². The Kier molecular flexibility index (Phi) is 4.57. The summed E-state index contributed by atoms with van der Waals surface area (Å²) in [5.41, 5.74) is 3.61. The fourth-order valence-electron chi connectivity index (χ4n) is 2.19. The third-order valence-corrected chi connectivity index (χ3v) is 3.07. The predicted octanol–water partition coefficient (Wildman–Crippen LogP) is 2.52. The van der Waals surface area contributed by atoms with Crippen LogP contribution in [0.2, 0.25) is 0 Å². The monoisotopic (exact) mass is 275 g/mol. The van der Waals surface area contributed by atoms with Gasteiger partial charge in [0.1, 0.15) is 23.7 Å². The molecule has 2 rings (SSSR count). The molecular formula is C14H21N5O. The maximum absolute atomic E-state index is 5.51. The van der Waals surface area contributed by atoms with E-state index in [9.17, 15) is 0 Å². The van der Waals surface area contributed by atoms with Crippen LogP contribution in [0.25, 0.3) is 0 Å². The first-order valence-electron chi connectivity index (χ1n) is 6.72. The Morgan fingerprint density at radius 3 is 2.60 bits per heavy atom. The van der Waals surface area contributed by atoms with Crippen LogP contribution in [0.3, 0.4) is 0 Å². The second-order valence-corrected chi connectivity index (χ2v) is 5.11. The van der Waals surface area contributed by atoms with Gasteiger partial charge in [0.25, 0.3) is 0 Å². The number of aromatic nitrogens is 2. The molecule has 0 fully saturated rings. The molecule has 108 valence electrons. The average molecular weight is 275 g/mol. The fraction of sp³-hybridized carbons (Fsp3) is 0.429. The maximum atomic E-state index is 5.51. The Morgan fingerprint density at radius 2 is 2.00 bits per heavy atom. The van der Waals surface area contributed by atoms with Gasteiger partial charge in [0, 0.05) is 18.0 Å². The molecule has 1 atom stereocenters. The molecule has 4 N–H and O–H groups in total. The lowest BCUT2D eigenvalue weighted by molar-refractivity contribution is 0.497. The molecule has 2 aromatic rings. The summed E-state index contributed by atoms with van der Waals surface area (Å²) in [5, 5.41) is 3.40. The van der Waals surface area contributed by atoms with Crippen LogP contribution >= 0.6 is 0 Å². The van der Waals surface area contributed by atoms with E-state index in [1.807, 2.05) is 12.1 Å². The number of furan rings is 1. The summed E-state index contributed by atoms with van der Waals surface area (Å²) in [6.45, 7) is 6.26. The van der Waals surface area contributed by atoms with Gasteiger partial charge in [-0.25, -0.2) is 15.8 Å². The molecule has 0 bridgehead atoms. The minimum absolute atomic E-state index is 0.194. The first-order chi connectivity index (χ1) is 9.61. The summed E-state index contributed by atoms with van der Waals surface area (Å²) >= 11 is 0. The van der Waals surface area contributed by atoms with Gasteiger partial charge in [0.05, 0.1) is 6.26 Å². The zero-order valence-electron chi connectivity index (χ0n) is 12.1. The summed E-state index contributed by atoms with van der Waals surface area (Å²) < 4.78 is 5.36. The molecule has 1 unspecified atom stereocenters. The van der Waals surface area contributed by atoms with E-state index in [1.54, 1.807) is 6.26 Å². The molecular weight excluding hydrogens is 254 g/mol. The molecule has 0 aliphatic heterocycles. The van der Waals surface area contributed by atoms with E-state index < -0.39 is 0 Å². The van der Waals surface area contributed by atoms with Gasteiger partial charge >= 0.3 is 0 Å². The van der Waals surface area contributed by atoms with Crippen LogP contribution in [0, 0.1) is 0 Å². The lowest BCUT2D eigenvalue weighted by atomic mass is 10.0. The highest BCUT2D eigenvalue weighted by molar-refractivity contribution is 5.58. The van der Waals surface area contributed by atoms with Crippen molar-refractivity contribution in [2.24, 2.45) is 5.84 Å². The van der Waals surface area contributed by atoms with E-state index in [-0.39, 0.29) is 12.0 Å². The number of hydrazine groups is 1. The first-order valence-corrected chi connectivity index (χ1v) is 6.72. The predicted molar refractivity (Wildman–Crippen MR) is 79.4 cm³/mol. The molecule has 0 radical (unpaired) electrons. The molecule has 20 heavy (non-hydrogen) atoms. The van der Waals surface area contributed by atoms with Crippen LogP contribution < -0.4 is 16.6 Å². The summed E-state index contributed by atoms with van der Waals surface area (Å²) in [5.74, 6) is 8.19. The van der Waals surface area contributed by atoms with E-state index in [4.69, 9.17) is 10.3 Å². The summed E-state index contributed by atoms with van der Waals surface area (Å²) in [7, 11) is 0. The third kappa shape index (κ3) is 3.27. The Bertz CT molecular complexity index is 539. The SMILES string of the molecule is CC(Cc1ccco1)Nc1ncnc(NN)c1C(C)C. The van der Waals surface area contributed by atoms with Gasteiger partial charge in [-0.05, 0) is 25.0 Å². The molecule has 0 saturated carbocycles. The second-order valence-electron chi connectivity index (χ2n) is 5.11. The lowest BCUT2D eigenvalue weighted by Gasteiger charge is -2.19. The Hall–Kier alpha value is -2.08. The zero-order valence-corrected chi connectivity index (χ0v) is 12.1. The number of hydrogen-bond donors (Lipinski definition) is 3. The van der Waals surface area contributed by atoms with Crippen molar-refractivity contribution in [1.29, 1.82) is 0 Å². The quantitative estimate of drug-likeness (QED) is 0.554. The molecule has 0 amide bonds. The molecule has 0 spiro atoms. The van der Waals surface area contributed by atoms with Crippen molar-refractivity contribution in [2.75, 3.05) is 10.7 Å². The minimum atomic E-state index is 0.194. The highest BCUT2D eigenvalue weighted by Crippen LogP contribution is 2.28. The zero-order chi connectivity index (χ0) is 14.5. The smallest absolute Gasteiger partial charge is 0.148 e. The van der Waals surface area contributed by atoms with E-state index in [1.165, 1.54) is 6.33 Å². The average Bonchev–Trinajstić information content (AvgIpc) is 2.90. The van der Waals surface area contributed by atoms with Crippen molar-refractivity contribution in [1.82, 2.24) is 9.97 Å². The number of nitrogens with two attached hydrogens (primary N) is 1. The van der Waals surface area contributed by atoms with Gasteiger partial charge in [-0.3, -0.25) is 0 Å². The Morgan fingerprint density at radius 1 is 1.25 bits per heavy atom. The van der Waals surface area contributed by atoms with E-state index in [2.05, 4.69) is 41.5 Å². The first kappa shape index (κ1) is 14.3. The van der Waals surface area contributed by atoms with Gasteiger partial charge in [-0.15, -0.1) is 0 Å².